The van der Waals surface area contributed by atoms with E-state index in [4.69, 9.17) is 4.74 Å². The van der Waals surface area contributed by atoms with Crippen molar-refractivity contribution in [2.45, 2.75) is 44.6 Å². The van der Waals surface area contributed by atoms with Crippen LogP contribution in [-0.2, 0) is 17.5 Å². The lowest BCUT2D eigenvalue weighted by molar-refractivity contribution is -0.138. The molecule has 30 heavy (non-hydrogen) atoms. The first kappa shape index (κ1) is 22.1. The normalized spacial score (nSPS) is 15.1. The van der Waals surface area contributed by atoms with Crippen LogP contribution in [0, 0.1) is 0 Å². The highest BCUT2D eigenvalue weighted by Gasteiger charge is 2.35. The number of hydrogen-bond acceptors (Lipinski definition) is 4. The molecule has 3 rings (SSSR count). The van der Waals surface area contributed by atoms with Crippen LogP contribution in [0.2, 0.25) is 0 Å². The highest BCUT2D eigenvalue weighted by Crippen LogP contribution is 2.34. The maximum absolute atomic E-state index is 13.3. The van der Waals surface area contributed by atoms with Crippen molar-refractivity contribution < 1.29 is 27.8 Å². The van der Waals surface area contributed by atoms with E-state index >= 15 is 0 Å². The van der Waals surface area contributed by atoms with Crippen molar-refractivity contribution in [2.75, 3.05) is 18.5 Å². The Morgan fingerprint density at radius 2 is 1.87 bits per heavy atom. The van der Waals surface area contributed by atoms with E-state index in [1.54, 1.807) is 30.3 Å². The third-order valence-electron chi connectivity index (χ3n) is 4.82. The topological polar surface area (TPSA) is 61.8 Å². The monoisotopic (exact) mass is 422 g/mol. The number of benzene rings is 2. The number of carbonyl (C=O) groups is 1. The molecule has 1 saturated carbocycles. The number of anilines is 1. The number of aliphatic hydroxyl groups is 1. The Bertz CT molecular complexity index is 851. The van der Waals surface area contributed by atoms with Crippen molar-refractivity contribution in [3.8, 4) is 5.75 Å². The molecule has 1 atom stereocenters. The summed E-state index contributed by atoms with van der Waals surface area (Å²) in [6, 6.07) is 12.5. The Morgan fingerprint density at radius 3 is 2.47 bits per heavy atom. The number of halogens is 3. The standard InChI is InChI=1S/C22H25F3N2O3/c1-15(28)26-17-6-10-20(11-7-17)30-14-19(29)13-27(18-8-9-18)12-16-4-2-3-5-21(16)22(23,24)25/h2-7,10-11,18-19,29H,8-9,12-14H2,1H3,(H,26,28). The van der Waals surface area contributed by atoms with Crippen LogP contribution in [-0.4, -0.2) is 41.2 Å². The quantitative estimate of drug-likeness (QED) is 0.640. The van der Waals surface area contributed by atoms with Gasteiger partial charge in [0, 0.05) is 31.7 Å². The predicted molar refractivity (Wildman–Crippen MR) is 107 cm³/mol. The zero-order valence-corrected chi connectivity index (χ0v) is 16.7. The molecule has 1 amide bonds. The minimum absolute atomic E-state index is 0.0175. The van der Waals surface area contributed by atoms with E-state index in [0.29, 0.717) is 11.4 Å². The van der Waals surface area contributed by atoms with Crippen LogP contribution in [0.15, 0.2) is 48.5 Å². The molecular formula is C22H25F3N2O3. The second-order valence-corrected chi connectivity index (χ2v) is 7.49. The molecule has 5 nitrogen and oxygen atoms in total. The van der Waals surface area contributed by atoms with Gasteiger partial charge in [-0.2, -0.15) is 13.2 Å². The SMILES string of the molecule is CC(=O)Nc1ccc(OCC(O)CN(Cc2ccccc2C(F)(F)F)C2CC2)cc1. The molecular weight excluding hydrogens is 397 g/mol. The molecule has 2 N–H and O–H groups in total. The van der Waals surface area contributed by atoms with Crippen LogP contribution in [0.3, 0.4) is 0 Å². The van der Waals surface area contributed by atoms with Gasteiger partial charge in [-0.3, -0.25) is 9.69 Å². The largest absolute Gasteiger partial charge is 0.491 e. The molecule has 1 unspecified atom stereocenters. The zero-order valence-electron chi connectivity index (χ0n) is 16.7. The van der Waals surface area contributed by atoms with Crippen molar-refractivity contribution in [1.29, 1.82) is 0 Å². The van der Waals surface area contributed by atoms with Gasteiger partial charge in [0.05, 0.1) is 5.56 Å². The Morgan fingerprint density at radius 1 is 1.20 bits per heavy atom. The van der Waals surface area contributed by atoms with Crippen molar-refractivity contribution in [1.82, 2.24) is 4.90 Å². The van der Waals surface area contributed by atoms with E-state index in [0.717, 1.165) is 18.9 Å². The van der Waals surface area contributed by atoms with Crippen molar-refractivity contribution >= 4 is 11.6 Å². The number of amides is 1. The van der Waals surface area contributed by atoms with E-state index < -0.39 is 17.8 Å². The molecule has 0 heterocycles. The Labute approximate surface area is 173 Å². The molecule has 1 fully saturated rings. The zero-order chi connectivity index (χ0) is 21.7. The fourth-order valence-electron chi connectivity index (χ4n) is 3.29. The average molecular weight is 422 g/mol. The summed E-state index contributed by atoms with van der Waals surface area (Å²) < 4.78 is 45.4. The van der Waals surface area contributed by atoms with Gasteiger partial charge in [0.25, 0.3) is 0 Å². The second kappa shape index (κ2) is 9.49. The van der Waals surface area contributed by atoms with E-state index in [9.17, 15) is 23.1 Å². The molecule has 0 radical (unpaired) electrons. The molecule has 1 aliphatic carbocycles. The van der Waals surface area contributed by atoms with Gasteiger partial charge in [-0.05, 0) is 48.7 Å². The summed E-state index contributed by atoms with van der Waals surface area (Å²) in [5, 5.41) is 13.0. The summed E-state index contributed by atoms with van der Waals surface area (Å²) in [5.41, 5.74) is 0.206. The van der Waals surface area contributed by atoms with Crippen LogP contribution in [0.1, 0.15) is 30.9 Å². The number of alkyl halides is 3. The maximum Gasteiger partial charge on any atom is 0.416 e. The minimum Gasteiger partial charge on any atom is -0.491 e. The molecule has 0 aromatic heterocycles. The lowest BCUT2D eigenvalue weighted by Crippen LogP contribution is -2.37. The first-order chi connectivity index (χ1) is 14.2. The number of carbonyl (C=O) groups excluding carboxylic acids is 1. The highest BCUT2D eigenvalue weighted by molar-refractivity contribution is 5.88. The van der Waals surface area contributed by atoms with Crippen LogP contribution >= 0.6 is 0 Å². The smallest absolute Gasteiger partial charge is 0.416 e. The number of rotatable bonds is 9. The van der Waals surface area contributed by atoms with Crippen LogP contribution < -0.4 is 10.1 Å². The Balaban J connectivity index is 1.56. The van der Waals surface area contributed by atoms with E-state index in [2.05, 4.69) is 5.32 Å². The average Bonchev–Trinajstić information content (AvgIpc) is 3.51. The van der Waals surface area contributed by atoms with Gasteiger partial charge >= 0.3 is 6.18 Å². The summed E-state index contributed by atoms with van der Waals surface area (Å²) in [6.45, 7) is 1.78. The van der Waals surface area contributed by atoms with Gasteiger partial charge in [-0.1, -0.05) is 18.2 Å². The number of ether oxygens (including phenoxy) is 1. The second-order valence-electron chi connectivity index (χ2n) is 7.49. The lowest BCUT2D eigenvalue weighted by Gasteiger charge is -2.26. The molecule has 1 aliphatic rings. The predicted octanol–water partition coefficient (Wildman–Crippen LogP) is 4.07. The number of hydrogen-bond donors (Lipinski definition) is 2. The Hall–Kier alpha value is -2.58. The molecule has 2 aromatic carbocycles. The minimum atomic E-state index is -4.41. The summed E-state index contributed by atoms with van der Waals surface area (Å²) in [5.74, 6) is 0.356. The van der Waals surface area contributed by atoms with Gasteiger partial charge in [-0.15, -0.1) is 0 Å². The van der Waals surface area contributed by atoms with Gasteiger partial charge in [0.1, 0.15) is 18.5 Å². The van der Waals surface area contributed by atoms with Gasteiger partial charge in [0.2, 0.25) is 5.91 Å². The van der Waals surface area contributed by atoms with Crippen molar-refractivity contribution in [3.63, 3.8) is 0 Å². The fraction of sp³-hybridized carbons (Fsp3) is 0.409. The van der Waals surface area contributed by atoms with E-state index in [1.807, 2.05) is 4.90 Å². The molecule has 8 heteroatoms. The van der Waals surface area contributed by atoms with Crippen molar-refractivity contribution in [2.24, 2.45) is 0 Å². The van der Waals surface area contributed by atoms with Crippen molar-refractivity contribution in [3.05, 3.63) is 59.7 Å². The summed E-state index contributed by atoms with van der Waals surface area (Å²) in [4.78, 5) is 12.9. The molecule has 0 saturated heterocycles. The highest BCUT2D eigenvalue weighted by atomic mass is 19.4. The Kier molecular flexibility index (Phi) is 6.99. The van der Waals surface area contributed by atoms with Crippen LogP contribution in [0.4, 0.5) is 18.9 Å². The van der Waals surface area contributed by atoms with E-state index in [-0.39, 0.29) is 37.2 Å². The molecule has 0 bridgehead atoms. The van der Waals surface area contributed by atoms with Crippen LogP contribution in [0.5, 0.6) is 5.75 Å². The number of nitrogens with zero attached hydrogens (tertiary/aromatic N) is 1. The number of nitrogens with one attached hydrogen (secondary N) is 1. The molecule has 2 aromatic rings. The third kappa shape index (κ3) is 6.47. The van der Waals surface area contributed by atoms with Gasteiger partial charge < -0.3 is 15.2 Å². The summed E-state index contributed by atoms with van der Waals surface area (Å²) >= 11 is 0. The molecule has 0 aliphatic heterocycles. The first-order valence-electron chi connectivity index (χ1n) is 9.80. The van der Waals surface area contributed by atoms with Crippen LogP contribution in [0.25, 0.3) is 0 Å². The molecule has 162 valence electrons. The third-order valence-corrected chi connectivity index (χ3v) is 4.82. The van der Waals surface area contributed by atoms with E-state index in [1.165, 1.54) is 19.1 Å². The summed E-state index contributed by atoms with van der Waals surface area (Å²) in [7, 11) is 0. The fourth-order valence-corrected chi connectivity index (χ4v) is 3.29. The maximum atomic E-state index is 13.3. The molecule has 0 spiro atoms. The lowest BCUT2D eigenvalue weighted by atomic mass is 10.1. The first-order valence-corrected chi connectivity index (χ1v) is 9.80. The van der Waals surface area contributed by atoms with Gasteiger partial charge in [-0.25, -0.2) is 0 Å². The number of aliphatic hydroxyl groups excluding tert-OH is 1. The van der Waals surface area contributed by atoms with Gasteiger partial charge in [0.15, 0.2) is 0 Å². The summed E-state index contributed by atoms with van der Waals surface area (Å²) in [6.07, 6.45) is -3.44.